The first-order chi connectivity index (χ1) is 15.6. The molecule has 2 aromatic carbocycles. The Labute approximate surface area is 186 Å². The summed E-state index contributed by atoms with van der Waals surface area (Å²) in [6, 6.07) is 13.0. The number of imide groups is 1. The van der Waals surface area contributed by atoms with Gasteiger partial charge in [-0.25, -0.2) is 0 Å². The Balaban J connectivity index is 1.32. The minimum atomic E-state index is -0.610. The Hall–Kier alpha value is -3.19. The van der Waals surface area contributed by atoms with E-state index in [1.54, 1.807) is 11.0 Å². The van der Waals surface area contributed by atoms with Crippen molar-refractivity contribution in [2.75, 3.05) is 19.8 Å². The van der Waals surface area contributed by atoms with Crippen LogP contribution < -0.4 is 10.1 Å². The molecule has 1 unspecified atom stereocenters. The van der Waals surface area contributed by atoms with Crippen molar-refractivity contribution in [3.05, 3.63) is 53.6 Å². The molecule has 2 saturated heterocycles. The maximum Gasteiger partial charge on any atom is 0.255 e. The molecule has 3 heterocycles. The van der Waals surface area contributed by atoms with Crippen LogP contribution in [0.4, 0.5) is 0 Å². The molecule has 2 fully saturated rings. The van der Waals surface area contributed by atoms with Gasteiger partial charge in [-0.05, 0) is 60.1 Å². The molecule has 0 saturated carbocycles. The number of benzene rings is 2. The molecular weight excluding hydrogens is 408 g/mol. The molecule has 0 aliphatic carbocycles. The average Bonchev–Trinajstić information content (AvgIpc) is 3.15. The number of rotatable bonds is 5. The summed E-state index contributed by atoms with van der Waals surface area (Å²) in [5.41, 5.74) is 3.50. The quantitative estimate of drug-likeness (QED) is 0.732. The number of carbonyl (C=O) groups is 3. The van der Waals surface area contributed by atoms with Crippen LogP contribution in [0.15, 0.2) is 42.5 Å². The van der Waals surface area contributed by atoms with Gasteiger partial charge in [-0.2, -0.15) is 0 Å². The topological polar surface area (TPSA) is 84.9 Å². The van der Waals surface area contributed by atoms with Gasteiger partial charge in [0.2, 0.25) is 11.8 Å². The maximum absolute atomic E-state index is 13.0. The Morgan fingerprint density at radius 2 is 1.72 bits per heavy atom. The van der Waals surface area contributed by atoms with Crippen molar-refractivity contribution in [3.8, 4) is 16.9 Å². The minimum absolute atomic E-state index is 0.159. The van der Waals surface area contributed by atoms with Gasteiger partial charge in [0.25, 0.3) is 5.91 Å². The second-order valence-corrected chi connectivity index (χ2v) is 8.62. The van der Waals surface area contributed by atoms with Crippen molar-refractivity contribution in [2.45, 2.75) is 38.3 Å². The standard InChI is InChI=1S/C25H26N2O5/c28-23-9-8-22(24(29)26-23)27-14-21-19(2-1-3-20(21)25(27)30)17-4-6-18(7-5-17)32-15-16-10-12-31-13-11-16/h1-7,16,22H,8-15H2,(H,26,28,29). The van der Waals surface area contributed by atoms with Crippen molar-refractivity contribution in [1.82, 2.24) is 10.2 Å². The molecular formula is C25H26N2O5. The van der Waals surface area contributed by atoms with Gasteiger partial charge < -0.3 is 14.4 Å². The average molecular weight is 434 g/mol. The van der Waals surface area contributed by atoms with E-state index in [9.17, 15) is 14.4 Å². The highest BCUT2D eigenvalue weighted by Crippen LogP contribution is 2.35. The molecule has 32 heavy (non-hydrogen) atoms. The van der Waals surface area contributed by atoms with E-state index in [0.717, 1.165) is 48.5 Å². The first-order valence-electron chi connectivity index (χ1n) is 11.2. The maximum atomic E-state index is 13.0. The molecule has 1 atom stereocenters. The fourth-order valence-electron chi connectivity index (χ4n) is 4.71. The molecule has 0 bridgehead atoms. The van der Waals surface area contributed by atoms with E-state index in [2.05, 4.69) is 5.32 Å². The summed E-state index contributed by atoms with van der Waals surface area (Å²) in [7, 11) is 0. The molecule has 0 aromatic heterocycles. The molecule has 1 N–H and O–H groups in total. The third-order valence-electron chi connectivity index (χ3n) is 6.57. The van der Waals surface area contributed by atoms with Crippen LogP contribution >= 0.6 is 0 Å². The van der Waals surface area contributed by atoms with Crippen LogP contribution in [0.3, 0.4) is 0 Å². The molecule has 7 heteroatoms. The van der Waals surface area contributed by atoms with Crippen LogP contribution in [0, 0.1) is 5.92 Å². The SMILES string of the molecule is O=C1CCC(N2Cc3c(cccc3-c3ccc(OCC4CCOCC4)cc3)C2=O)C(=O)N1. The fraction of sp³-hybridized carbons (Fsp3) is 0.400. The number of nitrogens with zero attached hydrogens (tertiary/aromatic N) is 1. The van der Waals surface area contributed by atoms with E-state index in [0.29, 0.717) is 31.1 Å². The summed E-state index contributed by atoms with van der Waals surface area (Å²) in [6.07, 6.45) is 2.68. The minimum Gasteiger partial charge on any atom is -0.493 e. The lowest BCUT2D eigenvalue weighted by Crippen LogP contribution is -2.52. The smallest absolute Gasteiger partial charge is 0.255 e. The van der Waals surface area contributed by atoms with Crippen LogP contribution in [0.1, 0.15) is 41.6 Å². The Morgan fingerprint density at radius 3 is 2.47 bits per heavy atom. The Morgan fingerprint density at radius 1 is 0.969 bits per heavy atom. The molecule has 166 valence electrons. The molecule has 7 nitrogen and oxygen atoms in total. The van der Waals surface area contributed by atoms with Crippen LogP contribution in [0.2, 0.25) is 0 Å². The van der Waals surface area contributed by atoms with Crippen LogP contribution in [-0.4, -0.2) is 48.5 Å². The van der Waals surface area contributed by atoms with Gasteiger partial charge in [-0.15, -0.1) is 0 Å². The van der Waals surface area contributed by atoms with Crippen LogP contribution in [0.25, 0.3) is 11.1 Å². The highest BCUT2D eigenvalue weighted by Gasteiger charge is 2.39. The monoisotopic (exact) mass is 434 g/mol. The summed E-state index contributed by atoms with van der Waals surface area (Å²) in [4.78, 5) is 38.4. The summed E-state index contributed by atoms with van der Waals surface area (Å²) in [6.45, 7) is 2.67. The summed E-state index contributed by atoms with van der Waals surface area (Å²) in [5, 5.41) is 2.35. The Bertz CT molecular complexity index is 1040. The van der Waals surface area contributed by atoms with Gasteiger partial charge >= 0.3 is 0 Å². The number of hydrogen-bond donors (Lipinski definition) is 1. The van der Waals surface area contributed by atoms with Gasteiger partial charge in [-0.1, -0.05) is 24.3 Å². The summed E-state index contributed by atoms with van der Waals surface area (Å²) >= 11 is 0. The van der Waals surface area contributed by atoms with Gasteiger partial charge in [0.05, 0.1) is 6.61 Å². The molecule has 0 radical (unpaired) electrons. The van der Waals surface area contributed by atoms with E-state index < -0.39 is 11.9 Å². The zero-order valence-electron chi connectivity index (χ0n) is 17.8. The number of fused-ring (bicyclic) bond motifs is 1. The highest BCUT2D eigenvalue weighted by atomic mass is 16.5. The number of piperidine rings is 1. The molecule has 3 aliphatic rings. The number of ether oxygens (including phenoxy) is 2. The molecule has 2 aromatic rings. The van der Waals surface area contributed by atoms with E-state index in [1.165, 1.54) is 0 Å². The molecule has 3 amide bonds. The molecule has 3 aliphatic heterocycles. The van der Waals surface area contributed by atoms with Crippen molar-refractivity contribution in [2.24, 2.45) is 5.92 Å². The van der Waals surface area contributed by atoms with Gasteiger partial charge in [0.15, 0.2) is 0 Å². The number of nitrogens with one attached hydrogen (secondary N) is 1. The lowest BCUT2D eigenvalue weighted by atomic mass is 9.97. The highest BCUT2D eigenvalue weighted by molar-refractivity contribution is 6.06. The van der Waals surface area contributed by atoms with Crippen molar-refractivity contribution >= 4 is 17.7 Å². The lowest BCUT2D eigenvalue weighted by molar-refractivity contribution is -0.136. The summed E-state index contributed by atoms with van der Waals surface area (Å²) in [5.74, 6) is 0.525. The zero-order chi connectivity index (χ0) is 22.1. The van der Waals surface area contributed by atoms with E-state index in [-0.39, 0.29) is 18.2 Å². The van der Waals surface area contributed by atoms with E-state index in [4.69, 9.17) is 9.47 Å². The normalized spacial score (nSPS) is 21.4. The fourth-order valence-corrected chi connectivity index (χ4v) is 4.71. The molecule has 0 spiro atoms. The second kappa shape index (κ2) is 8.74. The lowest BCUT2D eigenvalue weighted by Gasteiger charge is -2.29. The van der Waals surface area contributed by atoms with Crippen molar-refractivity contribution in [1.29, 1.82) is 0 Å². The largest absolute Gasteiger partial charge is 0.493 e. The van der Waals surface area contributed by atoms with Gasteiger partial charge in [0.1, 0.15) is 11.8 Å². The van der Waals surface area contributed by atoms with Crippen LogP contribution in [-0.2, 0) is 20.9 Å². The predicted octanol–water partition coefficient (Wildman–Crippen LogP) is 2.92. The second-order valence-electron chi connectivity index (χ2n) is 8.62. The number of hydrogen-bond acceptors (Lipinski definition) is 5. The van der Waals surface area contributed by atoms with Gasteiger partial charge in [-0.3, -0.25) is 19.7 Å². The van der Waals surface area contributed by atoms with E-state index >= 15 is 0 Å². The first-order valence-corrected chi connectivity index (χ1v) is 11.2. The third-order valence-corrected chi connectivity index (χ3v) is 6.57. The van der Waals surface area contributed by atoms with Gasteiger partial charge in [0, 0.05) is 31.7 Å². The third kappa shape index (κ3) is 4.00. The predicted molar refractivity (Wildman–Crippen MR) is 117 cm³/mol. The molecule has 5 rings (SSSR count). The Kier molecular flexibility index (Phi) is 5.66. The van der Waals surface area contributed by atoms with Crippen molar-refractivity contribution < 1.29 is 23.9 Å². The summed E-state index contributed by atoms with van der Waals surface area (Å²) < 4.78 is 11.4. The van der Waals surface area contributed by atoms with E-state index in [1.807, 2.05) is 36.4 Å². The number of carbonyl (C=O) groups excluding carboxylic acids is 3. The van der Waals surface area contributed by atoms with Crippen molar-refractivity contribution in [3.63, 3.8) is 0 Å². The van der Waals surface area contributed by atoms with Crippen LogP contribution in [0.5, 0.6) is 5.75 Å². The number of amides is 3. The zero-order valence-corrected chi connectivity index (χ0v) is 17.8. The first kappa shape index (κ1) is 20.7.